The Morgan fingerprint density at radius 3 is 2.10 bits per heavy atom. The van der Waals surface area contributed by atoms with Crippen LogP contribution in [0.5, 0.6) is 0 Å². The van der Waals surface area contributed by atoms with Crippen molar-refractivity contribution in [3.8, 4) is 0 Å². The third kappa shape index (κ3) is 2.54. The first-order valence-electron chi connectivity index (χ1n) is 7.07. The van der Waals surface area contributed by atoms with Gasteiger partial charge in [0.05, 0.1) is 11.2 Å². The molecule has 2 aliphatic heterocycles. The van der Waals surface area contributed by atoms with Crippen molar-refractivity contribution in [2.45, 2.75) is 45.0 Å². The molecule has 0 spiro atoms. The maximum absolute atomic E-state index is 11.0. The minimum Gasteiger partial charge on any atom is -0.430 e. The summed E-state index contributed by atoms with van der Waals surface area (Å²) >= 11 is 0. The molecule has 21 heavy (non-hydrogen) atoms. The van der Waals surface area contributed by atoms with Gasteiger partial charge in [0.2, 0.25) is 0 Å². The van der Waals surface area contributed by atoms with Gasteiger partial charge in [0, 0.05) is 0 Å². The molecule has 5 nitrogen and oxygen atoms in total. The van der Waals surface area contributed by atoms with E-state index in [1.165, 1.54) is 0 Å². The van der Waals surface area contributed by atoms with Crippen LogP contribution in [0, 0.1) is 0 Å². The van der Waals surface area contributed by atoms with Crippen molar-refractivity contribution in [3.05, 3.63) is 29.8 Å². The zero-order valence-corrected chi connectivity index (χ0v) is 12.7. The molecule has 0 bridgehead atoms. The molecule has 112 valence electrons. The van der Waals surface area contributed by atoms with E-state index in [1.54, 1.807) is 0 Å². The number of cyclic esters (lactones) is 2. The third-order valence-corrected chi connectivity index (χ3v) is 4.42. The number of carbonyl (C=O) groups is 1. The number of hydrogen-bond acceptors (Lipinski definition) is 5. The lowest BCUT2D eigenvalue weighted by Gasteiger charge is -2.32. The maximum atomic E-state index is 11.0. The Morgan fingerprint density at radius 2 is 1.62 bits per heavy atom. The predicted molar refractivity (Wildman–Crippen MR) is 77.3 cm³/mol. The second kappa shape index (κ2) is 4.75. The van der Waals surface area contributed by atoms with Gasteiger partial charge >= 0.3 is 13.3 Å². The molecular formula is C15H19BO5. The Balaban J connectivity index is 1.75. The Hall–Kier alpha value is -1.53. The van der Waals surface area contributed by atoms with E-state index in [4.69, 9.17) is 18.8 Å². The Morgan fingerprint density at radius 1 is 1.05 bits per heavy atom. The molecule has 0 radical (unpaired) electrons. The fourth-order valence-corrected chi connectivity index (χ4v) is 2.34. The average molecular weight is 290 g/mol. The standard InChI is InChI=1S/C15H19BO5/c1-14(2)15(3,4)21-16(20-14)11-7-5-10(6-8-11)12-9-18-13(17)19-12/h5-8,12H,9H2,1-4H3. The molecule has 1 unspecified atom stereocenters. The van der Waals surface area contributed by atoms with Crippen molar-refractivity contribution >= 4 is 18.7 Å². The summed E-state index contributed by atoms with van der Waals surface area (Å²) in [5.41, 5.74) is 1.14. The number of hydrogen-bond donors (Lipinski definition) is 0. The van der Waals surface area contributed by atoms with E-state index in [0.717, 1.165) is 11.0 Å². The zero-order valence-electron chi connectivity index (χ0n) is 12.7. The van der Waals surface area contributed by atoms with E-state index in [0.29, 0.717) is 0 Å². The second-order valence-corrected chi connectivity index (χ2v) is 6.42. The van der Waals surface area contributed by atoms with E-state index in [-0.39, 0.29) is 31.0 Å². The van der Waals surface area contributed by atoms with Crippen LogP contribution >= 0.6 is 0 Å². The molecule has 6 heteroatoms. The van der Waals surface area contributed by atoms with Crippen LogP contribution < -0.4 is 5.46 Å². The second-order valence-electron chi connectivity index (χ2n) is 6.42. The first kappa shape index (κ1) is 14.4. The normalized spacial score (nSPS) is 26.6. The molecule has 2 fully saturated rings. The fourth-order valence-electron chi connectivity index (χ4n) is 2.34. The zero-order chi connectivity index (χ0) is 15.3. The smallest absolute Gasteiger partial charge is 0.430 e. The van der Waals surface area contributed by atoms with Crippen molar-refractivity contribution in [3.63, 3.8) is 0 Å². The van der Waals surface area contributed by atoms with Crippen LogP contribution in [-0.4, -0.2) is 31.1 Å². The quantitative estimate of drug-likeness (QED) is 0.617. The van der Waals surface area contributed by atoms with Gasteiger partial charge in [-0.1, -0.05) is 24.3 Å². The summed E-state index contributed by atoms with van der Waals surface area (Å²) in [5.74, 6) is 0. The van der Waals surface area contributed by atoms with Gasteiger partial charge in [0.15, 0.2) is 6.10 Å². The molecule has 1 aromatic carbocycles. The minimum absolute atomic E-state index is 0.259. The topological polar surface area (TPSA) is 54.0 Å². The summed E-state index contributed by atoms with van der Waals surface area (Å²) in [6.07, 6.45) is -0.945. The Bertz CT molecular complexity index is 536. The van der Waals surface area contributed by atoms with E-state index in [9.17, 15) is 4.79 Å². The summed E-state index contributed by atoms with van der Waals surface area (Å²) in [6, 6.07) is 7.69. The van der Waals surface area contributed by atoms with Crippen LogP contribution in [0.2, 0.25) is 0 Å². The molecule has 1 atom stereocenters. The van der Waals surface area contributed by atoms with Gasteiger partial charge in [0.1, 0.15) is 6.61 Å². The molecule has 0 saturated carbocycles. The molecule has 3 rings (SSSR count). The summed E-state index contributed by atoms with van der Waals surface area (Å²) < 4.78 is 21.8. The molecule has 1 aromatic rings. The molecule has 0 aliphatic carbocycles. The largest absolute Gasteiger partial charge is 0.509 e. The summed E-state index contributed by atoms with van der Waals surface area (Å²) in [6.45, 7) is 8.36. The molecule has 2 heterocycles. The van der Waals surface area contributed by atoms with Crippen molar-refractivity contribution < 1.29 is 23.6 Å². The maximum Gasteiger partial charge on any atom is 0.509 e. The number of ether oxygens (including phenoxy) is 2. The van der Waals surface area contributed by atoms with Crippen LogP contribution in [0.25, 0.3) is 0 Å². The molecular weight excluding hydrogens is 271 g/mol. The van der Waals surface area contributed by atoms with E-state index in [2.05, 4.69) is 0 Å². The Labute approximate surface area is 124 Å². The monoisotopic (exact) mass is 290 g/mol. The fraction of sp³-hybridized carbons (Fsp3) is 0.533. The van der Waals surface area contributed by atoms with E-state index < -0.39 is 6.16 Å². The lowest BCUT2D eigenvalue weighted by molar-refractivity contribution is 0.00578. The number of benzene rings is 1. The Kier molecular flexibility index (Phi) is 3.26. The molecule has 0 amide bonds. The van der Waals surface area contributed by atoms with Crippen molar-refractivity contribution in [1.82, 2.24) is 0 Å². The summed E-state index contributed by atoms with van der Waals surface area (Å²) in [7, 11) is -0.383. The van der Waals surface area contributed by atoms with Gasteiger partial charge in [-0.05, 0) is 38.7 Å². The van der Waals surface area contributed by atoms with Gasteiger partial charge in [-0.25, -0.2) is 4.79 Å². The highest BCUT2D eigenvalue weighted by atomic mass is 16.8. The van der Waals surface area contributed by atoms with Crippen LogP contribution in [0.1, 0.15) is 39.4 Å². The number of rotatable bonds is 2. The SMILES string of the molecule is CC1(C)OB(c2ccc(C3COC(=O)O3)cc2)OC1(C)C. The van der Waals surface area contributed by atoms with Crippen molar-refractivity contribution in [2.24, 2.45) is 0 Å². The predicted octanol–water partition coefficient (Wildman–Crippen LogP) is 2.19. The van der Waals surface area contributed by atoms with E-state index in [1.807, 2.05) is 52.0 Å². The van der Waals surface area contributed by atoms with Crippen LogP contribution in [0.4, 0.5) is 4.79 Å². The molecule has 2 saturated heterocycles. The van der Waals surface area contributed by atoms with E-state index >= 15 is 0 Å². The third-order valence-electron chi connectivity index (χ3n) is 4.42. The molecule has 0 N–H and O–H groups in total. The van der Waals surface area contributed by atoms with Gasteiger partial charge < -0.3 is 18.8 Å². The first-order chi connectivity index (χ1) is 9.78. The lowest BCUT2D eigenvalue weighted by atomic mass is 9.78. The average Bonchev–Trinajstić information content (AvgIpc) is 2.92. The summed E-state index contributed by atoms with van der Waals surface area (Å²) in [4.78, 5) is 11.0. The van der Waals surface area contributed by atoms with Crippen LogP contribution in [-0.2, 0) is 18.8 Å². The van der Waals surface area contributed by atoms with Gasteiger partial charge in [-0.3, -0.25) is 0 Å². The molecule has 0 aromatic heterocycles. The first-order valence-corrected chi connectivity index (χ1v) is 7.07. The minimum atomic E-state index is -0.616. The lowest BCUT2D eigenvalue weighted by Crippen LogP contribution is -2.41. The highest BCUT2D eigenvalue weighted by molar-refractivity contribution is 6.62. The van der Waals surface area contributed by atoms with Crippen molar-refractivity contribution in [2.75, 3.05) is 6.61 Å². The highest BCUT2D eigenvalue weighted by Gasteiger charge is 2.51. The van der Waals surface area contributed by atoms with Crippen molar-refractivity contribution in [1.29, 1.82) is 0 Å². The summed E-state index contributed by atoms with van der Waals surface area (Å²) in [5, 5.41) is 0. The van der Waals surface area contributed by atoms with Gasteiger partial charge in [-0.15, -0.1) is 0 Å². The molecule has 2 aliphatic rings. The van der Waals surface area contributed by atoms with Gasteiger partial charge in [-0.2, -0.15) is 0 Å². The number of carbonyl (C=O) groups excluding carboxylic acids is 1. The highest BCUT2D eigenvalue weighted by Crippen LogP contribution is 2.36. The van der Waals surface area contributed by atoms with Gasteiger partial charge in [0.25, 0.3) is 0 Å². The van der Waals surface area contributed by atoms with Crippen LogP contribution in [0.15, 0.2) is 24.3 Å². The van der Waals surface area contributed by atoms with Crippen LogP contribution in [0.3, 0.4) is 0 Å².